The molecule has 1 fully saturated rings. The zero-order chi connectivity index (χ0) is 13.0. The molecule has 2 rings (SSSR count). The van der Waals surface area contributed by atoms with E-state index in [1.54, 1.807) is 12.3 Å². The largest absolute Gasteiger partial charge is 0.390 e. The van der Waals surface area contributed by atoms with Gasteiger partial charge in [-0.3, -0.25) is 0 Å². The fraction of sp³-hybridized carbons (Fsp3) is 0.643. The maximum atomic E-state index is 10.6. The van der Waals surface area contributed by atoms with Crippen molar-refractivity contribution in [2.24, 2.45) is 0 Å². The summed E-state index contributed by atoms with van der Waals surface area (Å²) in [7, 11) is 0. The molecule has 18 heavy (non-hydrogen) atoms. The normalized spacial score (nSPS) is 21.2. The number of nitrogens with zero attached hydrogens (tertiary/aromatic N) is 1. The van der Waals surface area contributed by atoms with Crippen molar-refractivity contribution in [2.75, 3.05) is 5.73 Å². The Kier molecular flexibility index (Phi) is 4.19. The van der Waals surface area contributed by atoms with Crippen LogP contribution in [0.3, 0.4) is 0 Å². The summed E-state index contributed by atoms with van der Waals surface area (Å²) in [6, 6.07) is 3.59. The van der Waals surface area contributed by atoms with Crippen LogP contribution in [0.4, 0.5) is 5.82 Å². The van der Waals surface area contributed by atoms with Gasteiger partial charge in [-0.2, -0.15) is 0 Å². The number of nitrogens with two attached hydrogens (primary N) is 1. The molecule has 1 aliphatic rings. The van der Waals surface area contributed by atoms with Gasteiger partial charge in [0.2, 0.25) is 0 Å². The summed E-state index contributed by atoms with van der Waals surface area (Å²) in [5.74, 6) is 0.451. The van der Waals surface area contributed by atoms with Gasteiger partial charge >= 0.3 is 0 Å². The molecule has 0 radical (unpaired) electrons. The number of hydrogen-bond acceptors (Lipinski definition) is 4. The number of hydrogen-bond donors (Lipinski definition) is 3. The first kappa shape index (κ1) is 13.3. The maximum Gasteiger partial charge on any atom is 0.123 e. The molecule has 0 spiro atoms. The van der Waals surface area contributed by atoms with Crippen molar-refractivity contribution in [3.63, 3.8) is 0 Å². The molecular weight excluding hydrogens is 228 g/mol. The number of rotatable bonds is 3. The minimum absolute atomic E-state index is 0.434. The molecule has 0 amide bonds. The molecule has 1 unspecified atom stereocenters. The number of aliphatic hydroxyl groups excluding tert-OH is 1. The average Bonchev–Trinajstić information content (AvgIpc) is 2.55. The summed E-state index contributed by atoms with van der Waals surface area (Å²) in [4.78, 5) is 3.93. The van der Waals surface area contributed by atoms with E-state index in [-0.39, 0.29) is 0 Å². The Bertz CT molecular complexity index is 387. The van der Waals surface area contributed by atoms with Crippen molar-refractivity contribution in [3.8, 4) is 0 Å². The van der Waals surface area contributed by atoms with E-state index >= 15 is 0 Å². The number of pyridine rings is 1. The standard InChI is InChI=1S/C14H22N2O2/c15-13-10-11(5-8-16-13)9-12(17)14(18)6-3-1-2-4-7-14/h5,8,10,12,17-18H,1-4,6-7,9H2,(H2,15,16). The molecule has 0 bridgehead atoms. The molecule has 0 saturated heterocycles. The Balaban J connectivity index is 2.03. The van der Waals surface area contributed by atoms with E-state index in [1.807, 2.05) is 6.07 Å². The van der Waals surface area contributed by atoms with Crippen molar-refractivity contribution in [3.05, 3.63) is 23.9 Å². The van der Waals surface area contributed by atoms with Crippen LogP contribution in [0.15, 0.2) is 18.3 Å². The van der Waals surface area contributed by atoms with Gasteiger partial charge in [0.15, 0.2) is 0 Å². The van der Waals surface area contributed by atoms with Crippen molar-refractivity contribution in [2.45, 2.75) is 56.7 Å². The van der Waals surface area contributed by atoms with E-state index in [0.717, 1.165) is 31.2 Å². The zero-order valence-corrected chi connectivity index (χ0v) is 10.7. The fourth-order valence-electron chi connectivity index (χ4n) is 2.71. The van der Waals surface area contributed by atoms with Gasteiger partial charge in [-0.05, 0) is 30.5 Å². The van der Waals surface area contributed by atoms with E-state index in [9.17, 15) is 10.2 Å². The van der Waals surface area contributed by atoms with Gasteiger partial charge < -0.3 is 15.9 Å². The number of anilines is 1. The molecule has 100 valence electrons. The Labute approximate surface area is 108 Å². The summed E-state index contributed by atoms with van der Waals surface area (Å²) in [5.41, 5.74) is 5.60. The minimum Gasteiger partial charge on any atom is -0.390 e. The number of aromatic nitrogens is 1. The van der Waals surface area contributed by atoms with Crippen LogP contribution in [0.1, 0.15) is 44.1 Å². The smallest absolute Gasteiger partial charge is 0.123 e. The third-order valence-corrected chi connectivity index (χ3v) is 3.86. The first-order chi connectivity index (χ1) is 8.60. The van der Waals surface area contributed by atoms with E-state index in [0.29, 0.717) is 25.1 Å². The van der Waals surface area contributed by atoms with Crippen LogP contribution in [-0.4, -0.2) is 26.9 Å². The van der Waals surface area contributed by atoms with Gasteiger partial charge in [-0.15, -0.1) is 0 Å². The lowest BCUT2D eigenvalue weighted by Gasteiger charge is -2.32. The van der Waals surface area contributed by atoms with Crippen LogP contribution in [0.5, 0.6) is 0 Å². The summed E-state index contributed by atoms with van der Waals surface area (Å²) >= 11 is 0. The Morgan fingerprint density at radius 2 is 1.94 bits per heavy atom. The molecule has 1 aliphatic carbocycles. The highest BCUT2D eigenvalue weighted by atomic mass is 16.3. The van der Waals surface area contributed by atoms with Crippen molar-refractivity contribution >= 4 is 5.82 Å². The second kappa shape index (κ2) is 5.67. The topological polar surface area (TPSA) is 79.4 Å². The lowest BCUT2D eigenvalue weighted by atomic mass is 9.85. The Hall–Kier alpha value is -1.13. The van der Waals surface area contributed by atoms with Crippen LogP contribution in [0.25, 0.3) is 0 Å². The Morgan fingerprint density at radius 1 is 1.28 bits per heavy atom. The molecular formula is C14H22N2O2. The highest BCUT2D eigenvalue weighted by Gasteiger charge is 2.35. The lowest BCUT2D eigenvalue weighted by molar-refractivity contribution is -0.0836. The van der Waals surface area contributed by atoms with Gasteiger partial charge in [0.05, 0.1) is 11.7 Å². The molecule has 1 atom stereocenters. The molecule has 0 aliphatic heterocycles. The van der Waals surface area contributed by atoms with Crippen LogP contribution < -0.4 is 5.73 Å². The lowest BCUT2D eigenvalue weighted by Crippen LogP contribution is -2.43. The fourth-order valence-corrected chi connectivity index (χ4v) is 2.71. The zero-order valence-electron chi connectivity index (χ0n) is 10.7. The highest BCUT2D eigenvalue weighted by molar-refractivity contribution is 5.32. The molecule has 1 heterocycles. The quantitative estimate of drug-likeness (QED) is 0.713. The van der Waals surface area contributed by atoms with Gasteiger partial charge in [-0.1, -0.05) is 25.7 Å². The maximum absolute atomic E-state index is 10.6. The van der Waals surface area contributed by atoms with Crippen LogP contribution >= 0.6 is 0 Å². The van der Waals surface area contributed by atoms with E-state index in [2.05, 4.69) is 4.98 Å². The second-order valence-corrected chi connectivity index (χ2v) is 5.33. The molecule has 4 heteroatoms. The number of nitrogen functional groups attached to an aromatic ring is 1. The van der Waals surface area contributed by atoms with Crippen LogP contribution in [0, 0.1) is 0 Å². The summed E-state index contributed by atoms with van der Waals surface area (Å²) in [6.07, 6.45) is 7.01. The van der Waals surface area contributed by atoms with Crippen molar-refractivity contribution in [1.29, 1.82) is 0 Å². The molecule has 1 aromatic rings. The molecule has 1 saturated carbocycles. The van der Waals surface area contributed by atoms with Crippen LogP contribution in [-0.2, 0) is 6.42 Å². The molecule has 4 nitrogen and oxygen atoms in total. The highest BCUT2D eigenvalue weighted by Crippen LogP contribution is 2.31. The van der Waals surface area contributed by atoms with Crippen molar-refractivity contribution < 1.29 is 10.2 Å². The predicted molar refractivity (Wildman–Crippen MR) is 71.0 cm³/mol. The summed E-state index contributed by atoms with van der Waals surface area (Å²) in [6.45, 7) is 0. The molecule has 1 aromatic heterocycles. The van der Waals surface area contributed by atoms with Gasteiger partial charge in [0.25, 0.3) is 0 Å². The predicted octanol–water partition coefficient (Wildman–Crippen LogP) is 1.65. The minimum atomic E-state index is -0.936. The third-order valence-electron chi connectivity index (χ3n) is 3.86. The first-order valence-electron chi connectivity index (χ1n) is 6.71. The van der Waals surface area contributed by atoms with Crippen molar-refractivity contribution in [1.82, 2.24) is 4.98 Å². The number of aliphatic hydroxyl groups is 2. The molecule has 0 aromatic carbocycles. The molecule has 4 N–H and O–H groups in total. The summed E-state index contributed by atoms with van der Waals surface area (Å²) < 4.78 is 0. The first-order valence-corrected chi connectivity index (χ1v) is 6.71. The Morgan fingerprint density at radius 3 is 2.56 bits per heavy atom. The second-order valence-electron chi connectivity index (χ2n) is 5.33. The van der Waals surface area contributed by atoms with Gasteiger partial charge in [-0.25, -0.2) is 4.98 Å². The van der Waals surface area contributed by atoms with E-state index in [4.69, 9.17) is 5.73 Å². The third kappa shape index (κ3) is 3.21. The van der Waals surface area contributed by atoms with Gasteiger partial charge in [0, 0.05) is 12.6 Å². The monoisotopic (exact) mass is 250 g/mol. The SMILES string of the molecule is Nc1cc(CC(O)C2(O)CCCCCC2)ccn1. The van der Waals surface area contributed by atoms with Gasteiger partial charge in [0.1, 0.15) is 5.82 Å². The van der Waals surface area contributed by atoms with E-state index < -0.39 is 11.7 Å². The van der Waals surface area contributed by atoms with Crippen LogP contribution in [0.2, 0.25) is 0 Å². The summed E-state index contributed by atoms with van der Waals surface area (Å²) in [5, 5.41) is 20.8. The van der Waals surface area contributed by atoms with E-state index in [1.165, 1.54) is 0 Å². The average molecular weight is 250 g/mol.